The van der Waals surface area contributed by atoms with Gasteiger partial charge < -0.3 is 4.74 Å². The van der Waals surface area contributed by atoms with Crippen LogP contribution in [0.5, 0.6) is 5.75 Å². The Bertz CT molecular complexity index is 696. The van der Waals surface area contributed by atoms with Crippen LogP contribution in [0.15, 0.2) is 53.6 Å². The van der Waals surface area contributed by atoms with E-state index in [1.165, 1.54) is 17.7 Å². The van der Waals surface area contributed by atoms with Crippen molar-refractivity contribution in [1.29, 1.82) is 0 Å². The number of hydrogen-bond donors (Lipinski definition) is 1. The van der Waals surface area contributed by atoms with Gasteiger partial charge in [-0.2, -0.15) is 5.10 Å². The number of methoxy groups -OCH3 is 1. The number of rotatable bonds is 7. The smallest absolute Gasteiger partial charge is 0.271 e. The van der Waals surface area contributed by atoms with E-state index in [0.717, 1.165) is 24.3 Å². The lowest BCUT2D eigenvalue weighted by atomic mass is 10.1. The number of nitrogens with zero attached hydrogens (tertiary/aromatic N) is 2. The van der Waals surface area contributed by atoms with Gasteiger partial charge in [-0.25, -0.2) is 0 Å². The number of nitro groups is 1. The average molecular weight is 313 g/mol. The molecule has 2 aromatic carbocycles. The lowest BCUT2D eigenvalue weighted by molar-refractivity contribution is -0.384. The van der Waals surface area contributed by atoms with Crippen molar-refractivity contribution in [3.8, 4) is 5.75 Å². The van der Waals surface area contributed by atoms with Crippen molar-refractivity contribution >= 4 is 17.1 Å². The second-order valence-corrected chi connectivity index (χ2v) is 5.11. The highest BCUT2D eigenvalue weighted by Gasteiger charge is 2.05. The first-order valence-corrected chi connectivity index (χ1v) is 7.25. The third-order valence-electron chi connectivity index (χ3n) is 3.37. The average Bonchev–Trinajstić information content (AvgIpc) is 2.58. The van der Waals surface area contributed by atoms with Crippen molar-refractivity contribution in [1.82, 2.24) is 0 Å². The standard InChI is InChI=1S/C17H19N3O3/c1-13(6-7-14-8-10-17(23-2)11-9-14)18-19-15-4-3-5-16(12-15)20(21)22/h3-5,8-12,19H,6-7H2,1-2H3/b18-13-. The summed E-state index contributed by atoms with van der Waals surface area (Å²) in [6, 6.07) is 14.2. The Morgan fingerprint density at radius 1 is 1.26 bits per heavy atom. The summed E-state index contributed by atoms with van der Waals surface area (Å²) in [5, 5.41) is 15.0. The molecule has 0 radical (unpaired) electrons. The van der Waals surface area contributed by atoms with Gasteiger partial charge in [0.15, 0.2) is 0 Å². The quantitative estimate of drug-likeness (QED) is 0.476. The van der Waals surface area contributed by atoms with Crippen molar-refractivity contribution in [2.75, 3.05) is 12.5 Å². The molecule has 0 amide bonds. The molecule has 2 rings (SSSR count). The largest absolute Gasteiger partial charge is 0.497 e. The zero-order chi connectivity index (χ0) is 16.7. The Morgan fingerprint density at radius 2 is 2.00 bits per heavy atom. The minimum atomic E-state index is -0.425. The predicted octanol–water partition coefficient (Wildman–Crippen LogP) is 4.02. The molecule has 0 aromatic heterocycles. The second kappa shape index (κ2) is 7.93. The minimum Gasteiger partial charge on any atom is -0.497 e. The molecule has 0 aliphatic heterocycles. The van der Waals surface area contributed by atoms with Crippen LogP contribution < -0.4 is 10.2 Å². The van der Waals surface area contributed by atoms with E-state index >= 15 is 0 Å². The summed E-state index contributed by atoms with van der Waals surface area (Å²) < 4.78 is 5.13. The fourth-order valence-corrected chi connectivity index (χ4v) is 2.02. The maximum Gasteiger partial charge on any atom is 0.271 e. The fraction of sp³-hybridized carbons (Fsp3) is 0.235. The van der Waals surface area contributed by atoms with Crippen LogP contribution in [0.25, 0.3) is 0 Å². The van der Waals surface area contributed by atoms with Gasteiger partial charge in [0, 0.05) is 17.8 Å². The van der Waals surface area contributed by atoms with E-state index in [1.54, 1.807) is 19.2 Å². The molecule has 0 saturated carbocycles. The van der Waals surface area contributed by atoms with E-state index in [0.29, 0.717) is 5.69 Å². The van der Waals surface area contributed by atoms with Crippen LogP contribution in [-0.2, 0) is 6.42 Å². The van der Waals surface area contributed by atoms with E-state index in [2.05, 4.69) is 10.5 Å². The molecule has 23 heavy (non-hydrogen) atoms. The summed E-state index contributed by atoms with van der Waals surface area (Å²) in [4.78, 5) is 10.3. The normalized spacial score (nSPS) is 11.1. The van der Waals surface area contributed by atoms with Crippen molar-refractivity contribution < 1.29 is 9.66 Å². The lowest BCUT2D eigenvalue weighted by Gasteiger charge is -2.05. The van der Waals surface area contributed by atoms with E-state index in [-0.39, 0.29) is 5.69 Å². The molecule has 6 nitrogen and oxygen atoms in total. The third-order valence-corrected chi connectivity index (χ3v) is 3.37. The van der Waals surface area contributed by atoms with Gasteiger partial charge in [0.05, 0.1) is 17.7 Å². The molecule has 0 bridgehead atoms. The van der Waals surface area contributed by atoms with Crippen molar-refractivity contribution in [3.63, 3.8) is 0 Å². The SMILES string of the molecule is COc1ccc(CC/C(C)=N\Nc2cccc([N+](=O)[O-])c2)cc1. The van der Waals surface area contributed by atoms with Crippen molar-refractivity contribution in [2.24, 2.45) is 5.10 Å². The highest BCUT2D eigenvalue weighted by atomic mass is 16.6. The monoisotopic (exact) mass is 313 g/mol. The van der Waals surface area contributed by atoms with Gasteiger partial charge in [-0.1, -0.05) is 18.2 Å². The molecule has 120 valence electrons. The van der Waals surface area contributed by atoms with Crippen molar-refractivity contribution in [3.05, 3.63) is 64.2 Å². The maximum atomic E-state index is 10.7. The fourth-order valence-electron chi connectivity index (χ4n) is 2.02. The molecule has 0 aliphatic rings. The summed E-state index contributed by atoms with van der Waals surface area (Å²) in [6.07, 6.45) is 1.67. The van der Waals surface area contributed by atoms with Gasteiger partial charge in [0.25, 0.3) is 5.69 Å². The van der Waals surface area contributed by atoms with E-state index in [4.69, 9.17) is 4.74 Å². The molecule has 0 aliphatic carbocycles. The zero-order valence-electron chi connectivity index (χ0n) is 13.2. The molecule has 0 fully saturated rings. The summed E-state index contributed by atoms with van der Waals surface area (Å²) in [7, 11) is 1.64. The molecular weight excluding hydrogens is 294 g/mol. The van der Waals surface area contributed by atoms with Crippen LogP contribution in [0.4, 0.5) is 11.4 Å². The number of hydrogen-bond acceptors (Lipinski definition) is 5. The molecule has 6 heteroatoms. The van der Waals surface area contributed by atoms with Gasteiger partial charge in [-0.3, -0.25) is 15.5 Å². The maximum absolute atomic E-state index is 10.7. The van der Waals surface area contributed by atoms with Crippen LogP contribution in [0.2, 0.25) is 0 Å². The number of hydrazone groups is 1. The Labute approximate surface area is 134 Å². The highest BCUT2D eigenvalue weighted by molar-refractivity contribution is 5.82. The Kier molecular flexibility index (Phi) is 5.68. The molecule has 1 N–H and O–H groups in total. The Morgan fingerprint density at radius 3 is 2.65 bits per heavy atom. The first-order chi connectivity index (χ1) is 11.1. The van der Waals surface area contributed by atoms with Crippen LogP contribution in [0.1, 0.15) is 18.9 Å². The number of nitro benzene ring substituents is 1. The first kappa shape index (κ1) is 16.5. The molecule has 0 unspecified atom stereocenters. The topological polar surface area (TPSA) is 76.8 Å². The zero-order valence-corrected chi connectivity index (χ0v) is 13.2. The number of aryl methyl sites for hydroxylation is 1. The third kappa shape index (κ3) is 5.10. The summed E-state index contributed by atoms with van der Waals surface area (Å²) in [6.45, 7) is 1.92. The van der Waals surface area contributed by atoms with E-state index in [1.807, 2.05) is 31.2 Å². The number of non-ortho nitro benzene ring substituents is 1. The lowest BCUT2D eigenvalue weighted by Crippen LogP contribution is -2.00. The molecule has 2 aromatic rings. The number of nitrogens with one attached hydrogen (secondary N) is 1. The number of ether oxygens (including phenoxy) is 1. The number of anilines is 1. The van der Waals surface area contributed by atoms with Crippen LogP contribution in [0, 0.1) is 10.1 Å². The first-order valence-electron chi connectivity index (χ1n) is 7.25. The van der Waals surface area contributed by atoms with Crippen molar-refractivity contribution in [2.45, 2.75) is 19.8 Å². The van der Waals surface area contributed by atoms with Gasteiger partial charge in [-0.15, -0.1) is 0 Å². The molecule has 0 atom stereocenters. The highest BCUT2D eigenvalue weighted by Crippen LogP contribution is 2.17. The van der Waals surface area contributed by atoms with E-state index in [9.17, 15) is 10.1 Å². The summed E-state index contributed by atoms with van der Waals surface area (Å²) in [5.74, 6) is 0.839. The minimum absolute atomic E-state index is 0.0427. The van der Waals surface area contributed by atoms with Gasteiger partial charge in [0.2, 0.25) is 0 Å². The summed E-state index contributed by atoms with van der Waals surface area (Å²) in [5.41, 5.74) is 5.63. The Balaban J connectivity index is 1.89. The van der Waals surface area contributed by atoms with Crippen LogP contribution in [0.3, 0.4) is 0 Å². The molecular formula is C17H19N3O3. The molecule has 0 heterocycles. The number of benzene rings is 2. The summed E-state index contributed by atoms with van der Waals surface area (Å²) >= 11 is 0. The molecule has 0 saturated heterocycles. The van der Waals surface area contributed by atoms with Crippen LogP contribution >= 0.6 is 0 Å². The Hall–Kier alpha value is -2.89. The predicted molar refractivity (Wildman–Crippen MR) is 91.1 cm³/mol. The van der Waals surface area contributed by atoms with Crippen LogP contribution in [-0.4, -0.2) is 17.7 Å². The van der Waals surface area contributed by atoms with Gasteiger partial charge >= 0.3 is 0 Å². The van der Waals surface area contributed by atoms with E-state index < -0.39 is 4.92 Å². The molecule has 0 spiro atoms. The van der Waals surface area contributed by atoms with Gasteiger partial charge in [-0.05, 0) is 43.5 Å². The second-order valence-electron chi connectivity index (χ2n) is 5.11. The van der Waals surface area contributed by atoms with Gasteiger partial charge in [0.1, 0.15) is 5.75 Å².